The maximum Gasteiger partial charge on any atom is 0.312 e. The Hall–Kier alpha value is -1.46. The maximum atomic E-state index is 13.0. The molecule has 1 heterocycles. The van der Waals surface area contributed by atoms with Crippen LogP contribution in [0.3, 0.4) is 0 Å². The van der Waals surface area contributed by atoms with Gasteiger partial charge in [-0.05, 0) is 0 Å². The highest BCUT2D eigenvalue weighted by Gasteiger charge is 2.11. The fraction of sp³-hybridized carbons (Fsp3) is 0.333. The van der Waals surface area contributed by atoms with Crippen LogP contribution in [0, 0.1) is 11.9 Å². The molecule has 12 heavy (non-hydrogen) atoms. The maximum absolute atomic E-state index is 13.0. The molecule has 0 aliphatic rings. The predicted octanol–water partition coefficient (Wildman–Crippen LogP) is 0.838. The second-order valence-corrected chi connectivity index (χ2v) is 2.00. The number of anilines is 2. The summed E-state index contributed by atoms with van der Waals surface area (Å²) in [5.74, 6) is -1.01. The molecule has 0 unspecified atom stereocenters. The summed E-state index contributed by atoms with van der Waals surface area (Å²) >= 11 is 0. The molecule has 0 fully saturated rings. The van der Waals surface area contributed by atoms with Crippen LogP contribution in [0.5, 0.6) is 0 Å². The molecule has 0 saturated heterocycles. The molecule has 0 amide bonds. The number of rotatable bonds is 2. The van der Waals surface area contributed by atoms with Crippen LogP contribution in [-0.2, 0) is 0 Å². The van der Waals surface area contributed by atoms with Gasteiger partial charge >= 0.3 is 6.08 Å². The summed E-state index contributed by atoms with van der Waals surface area (Å²) in [4.78, 5) is 6.39. The molecule has 66 valence electrons. The molecule has 1 aromatic heterocycles. The summed E-state index contributed by atoms with van der Waals surface area (Å²) in [6.07, 6.45) is -0.968. The Morgan fingerprint density at radius 3 is 1.75 bits per heavy atom. The largest absolute Gasteiger partial charge is 0.370 e. The van der Waals surface area contributed by atoms with Crippen LogP contribution in [0.25, 0.3) is 0 Å². The molecular weight excluding hydrogens is 166 g/mol. The van der Waals surface area contributed by atoms with Crippen LogP contribution in [0.4, 0.5) is 20.4 Å². The molecule has 1 aromatic rings. The van der Waals surface area contributed by atoms with E-state index in [0.717, 1.165) is 0 Å². The highest BCUT2D eigenvalue weighted by molar-refractivity contribution is 5.48. The molecule has 0 radical (unpaired) electrons. The first-order valence-corrected chi connectivity index (χ1v) is 3.27. The Bertz CT molecular complexity index is 264. The van der Waals surface area contributed by atoms with Crippen LogP contribution >= 0.6 is 0 Å². The van der Waals surface area contributed by atoms with Crippen LogP contribution in [0.1, 0.15) is 0 Å². The zero-order chi connectivity index (χ0) is 9.14. The zero-order valence-corrected chi connectivity index (χ0v) is 6.65. The third kappa shape index (κ3) is 1.41. The number of hydrogen-bond donors (Lipinski definition) is 2. The standard InChI is InChI=1S/C6H8F2N4/c1-9-4-3(7)5(10-2)12-6(8)11-4/h1-2H3,(H2,9,10,11,12). The van der Waals surface area contributed by atoms with Gasteiger partial charge in [-0.15, -0.1) is 0 Å². The van der Waals surface area contributed by atoms with Gasteiger partial charge in [0.2, 0.25) is 5.82 Å². The number of nitrogens with one attached hydrogen (secondary N) is 2. The van der Waals surface area contributed by atoms with Crippen LogP contribution in [-0.4, -0.2) is 24.1 Å². The van der Waals surface area contributed by atoms with Gasteiger partial charge < -0.3 is 10.6 Å². The Balaban J connectivity index is 3.22. The SMILES string of the molecule is CNc1nc(F)nc(NC)c1F. The molecular formula is C6H8F2N4. The van der Waals surface area contributed by atoms with Crippen LogP contribution < -0.4 is 10.6 Å². The van der Waals surface area contributed by atoms with Crippen molar-refractivity contribution in [2.24, 2.45) is 0 Å². The first-order valence-electron chi connectivity index (χ1n) is 3.27. The molecule has 1 rings (SSSR count). The number of nitrogens with zero attached hydrogens (tertiary/aromatic N) is 2. The van der Waals surface area contributed by atoms with Crippen molar-refractivity contribution in [3.8, 4) is 0 Å². The lowest BCUT2D eigenvalue weighted by Gasteiger charge is -2.04. The first kappa shape index (κ1) is 8.63. The quantitative estimate of drug-likeness (QED) is 0.652. The van der Waals surface area contributed by atoms with Crippen LogP contribution in [0.2, 0.25) is 0 Å². The summed E-state index contributed by atoms with van der Waals surface area (Å²) in [7, 11) is 2.90. The van der Waals surface area contributed by atoms with Crippen molar-refractivity contribution < 1.29 is 8.78 Å². The summed E-state index contributed by atoms with van der Waals surface area (Å²) in [5.41, 5.74) is 0. The number of halogens is 2. The summed E-state index contributed by atoms with van der Waals surface area (Å²) in [6, 6.07) is 0. The lowest BCUT2D eigenvalue weighted by Crippen LogP contribution is -2.06. The van der Waals surface area contributed by atoms with Gasteiger partial charge in [-0.25, -0.2) is 0 Å². The average Bonchev–Trinajstić information content (AvgIpc) is 2.08. The minimum Gasteiger partial charge on any atom is -0.370 e. The Kier molecular flexibility index (Phi) is 2.37. The number of aromatic nitrogens is 2. The highest BCUT2D eigenvalue weighted by atomic mass is 19.1. The van der Waals surface area contributed by atoms with E-state index >= 15 is 0 Å². The van der Waals surface area contributed by atoms with Gasteiger partial charge in [0.1, 0.15) is 0 Å². The second kappa shape index (κ2) is 3.29. The Morgan fingerprint density at radius 1 is 1.00 bits per heavy atom. The minimum atomic E-state index is -0.968. The third-order valence-electron chi connectivity index (χ3n) is 1.30. The lowest BCUT2D eigenvalue weighted by atomic mass is 10.5. The number of hydrogen-bond acceptors (Lipinski definition) is 4. The van der Waals surface area contributed by atoms with Crippen molar-refractivity contribution >= 4 is 11.6 Å². The minimum absolute atomic E-state index is 0.160. The Morgan fingerprint density at radius 2 is 1.42 bits per heavy atom. The molecule has 0 bridgehead atoms. The van der Waals surface area contributed by atoms with Crippen molar-refractivity contribution in [3.63, 3.8) is 0 Å². The second-order valence-electron chi connectivity index (χ2n) is 2.00. The van der Waals surface area contributed by atoms with Crippen molar-refractivity contribution in [3.05, 3.63) is 11.9 Å². The topological polar surface area (TPSA) is 49.8 Å². The normalized spacial score (nSPS) is 9.67. The average molecular weight is 174 g/mol. The van der Waals surface area contributed by atoms with Crippen molar-refractivity contribution in [1.29, 1.82) is 0 Å². The molecule has 0 saturated carbocycles. The van der Waals surface area contributed by atoms with E-state index in [4.69, 9.17) is 0 Å². The smallest absolute Gasteiger partial charge is 0.312 e. The first-order chi connectivity index (χ1) is 5.69. The van der Waals surface area contributed by atoms with E-state index in [1.165, 1.54) is 14.1 Å². The van der Waals surface area contributed by atoms with E-state index in [0.29, 0.717) is 0 Å². The zero-order valence-electron chi connectivity index (χ0n) is 6.65. The van der Waals surface area contributed by atoms with E-state index in [2.05, 4.69) is 20.6 Å². The molecule has 0 atom stereocenters. The fourth-order valence-electron chi connectivity index (χ4n) is 0.751. The molecule has 2 N–H and O–H groups in total. The van der Waals surface area contributed by atoms with Gasteiger partial charge in [-0.2, -0.15) is 18.7 Å². The van der Waals surface area contributed by atoms with Gasteiger partial charge in [-0.3, -0.25) is 0 Å². The predicted molar refractivity (Wildman–Crippen MR) is 41.0 cm³/mol. The molecule has 0 spiro atoms. The summed E-state index contributed by atoms with van der Waals surface area (Å²) < 4.78 is 25.5. The van der Waals surface area contributed by atoms with E-state index < -0.39 is 11.9 Å². The molecule has 4 nitrogen and oxygen atoms in total. The van der Waals surface area contributed by atoms with Gasteiger partial charge in [0.25, 0.3) is 0 Å². The third-order valence-corrected chi connectivity index (χ3v) is 1.30. The molecule has 0 aliphatic carbocycles. The van der Waals surface area contributed by atoms with Crippen molar-refractivity contribution in [2.45, 2.75) is 0 Å². The van der Waals surface area contributed by atoms with Crippen LogP contribution in [0.15, 0.2) is 0 Å². The summed E-state index contributed by atoms with van der Waals surface area (Å²) in [5, 5.41) is 4.81. The Labute approximate surface area is 68.0 Å². The van der Waals surface area contributed by atoms with Crippen molar-refractivity contribution in [2.75, 3.05) is 24.7 Å². The van der Waals surface area contributed by atoms with Gasteiger partial charge in [0.05, 0.1) is 0 Å². The van der Waals surface area contributed by atoms with Gasteiger partial charge in [0, 0.05) is 14.1 Å². The van der Waals surface area contributed by atoms with E-state index in [9.17, 15) is 8.78 Å². The van der Waals surface area contributed by atoms with E-state index in [-0.39, 0.29) is 11.6 Å². The molecule has 6 heteroatoms. The molecule has 0 aromatic carbocycles. The monoisotopic (exact) mass is 174 g/mol. The van der Waals surface area contributed by atoms with E-state index in [1.807, 2.05) is 0 Å². The van der Waals surface area contributed by atoms with Gasteiger partial charge in [-0.1, -0.05) is 0 Å². The van der Waals surface area contributed by atoms with Gasteiger partial charge in [0.15, 0.2) is 11.6 Å². The fourth-order valence-corrected chi connectivity index (χ4v) is 0.751. The highest BCUT2D eigenvalue weighted by Crippen LogP contribution is 2.16. The summed E-state index contributed by atoms with van der Waals surface area (Å²) in [6.45, 7) is 0. The van der Waals surface area contributed by atoms with E-state index in [1.54, 1.807) is 0 Å². The lowest BCUT2D eigenvalue weighted by molar-refractivity contribution is 0.523. The van der Waals surface area contributed by atoms with Crippen molar-refractivity contribution in [1.82, 2.24) is 9.97 Å². The molecule has 0 aliphatic heterocycles.